The van der Waals surface area contributed by atoms with Crippen LogP contribution in [0.2, 0.25) is 0 Å². The summed E-state index contributed by atoms with van der Waals surface area (Å²) in [6.45, 7) is 0.717. The van der Waals surface area contributed by atoms with E-state index in [0.29, 0.717) is 7.11 Å². The molecule has 0 radical (unpaired) electrons. The molecule has 0 bridgehead atoms. The van der Waals surface area contributed by atoms with Crippen molar-refractivity contribution in [3.63, 3.8) is 0 Å². The van der Waals surface area contributed by atoms with Crippen LogP contribution in [-0.4, -0.2) is 38.9 Å². The molecule has 0 heterocycles. The summed E-state index contributed by atoms with van der Waals surface area (Å²) in [7, 11) is -8.91. The Kier molecular flexibility index (Phi) is 3.55. The molecule has 0 aliphatic rings. The number of hydrogen-bond donors (Lipinski definition) is 1. The molecule has 9 heteroatoms. The van der Waals surface area contributed by atoms with Crippen molar-refractivity contribution in [3.05, 3.63) is 0 Å². The van der Waals surface area contributed by atoms with Crippen LogP contribution in [-0.2, 0) is 29.2 Å². The number of hydrogen-bond acceptors (Lipinski definition) is 6. The van der Waals surface area contributed by atoms with E-state index in [0.717, 1.165) is 6.92 Å². The van der Waals surface area contributed by atoms with Crippen molar-refractivity contribution in [1.82, 2.24) is 0 Å². The Labute approximate surface area is 75.6 Å². The molecule has 13 heavy (non-hydrogen) atoms. The number of Topliss-reactive ketones (excluding diaryl/α,β-unsaturated/α-hetero) is 1. The van der Waals surface area contributed by atoms with Gasteiger partial charge in [-0.15, -0.1) is 0 Å². The zero-order valence-corrected chi connectivity index (χ0v) is 8.42. The molecule has 78 valence electrons. The maximum absolute atomic E-state index is 10.8. The summed E-state index contributed by atoms with van der Waals surface area (Å²) in [5.74, 6) is -1.23. The topological polar surface area (TPSA) is 115 Å². The number of carbonyl (C=O) groups excluding carboxylic acids is 1. The number of carbonyl (C=O) groups is 1. The van der Waals surface area contributed by atoms with Crippen molar-refractivity contribution in [2.75, 3.05) is 7.11 Å². The minimum Gasteiger partial charge on any atom is -0.297 e. The van der Waals surface area contributed by atoms with Gasteiger partial charge < -0.3 is 0 Å². The third kappa shape index (κ3) is 3.03. The third-order valence-electron chi connectivity index (χ3n) is 1.10. The lowest BCUT2D eigenvalue weighted by Gasteiger charge is -2.08. The van der Waals surface area contributed by atoms with E-state index in [1.807, 2.05) is 0 Å². The molecule has 0 amide bonds. The molecule has 1 atom stereocenters. The lowest BCUT2D eigenvalue weighted by Crippen LogP contribution is -2.36. The summed E-state index contributed by atoms with van der Waals surface area (Å²) < 4.78 is 52.2. The van der Waals surface area contributed by atoms with Crippen molar-refractivity contribution in [1.29, 1.82) is 0 Å². The molecule has 0 spiro atoms. The molecule has 0 fully saturated rings. The van der Waals surface area contributed by atoms with Crippen molar-refractivity contribution in [2.45, 2.75) is 11.5 Å². The maximum Gasteiger partial charge on any atom is 0.294 e. The summed E-state index contributed by atoms with van der Waals surface area (Å²) in [6.07, 6.45) is 0. The standard InChI is InChI=1S/C4H8O7S2/c1-3(5)4(12(6,7)8)13(9,10)11-2/h4H,1-2H3,(H,6,7,8). The van der Waals surface area contributed by atoms with Gasteiger partial charge >= 0.3 is 0 Å². The molecule has 0 aliphatic carbocycles. The van der Waals surface area contributed by atoms with Crippen LogP contribution in [0.15, 0.2) is 0 Å². The highest BCUT2D eigenvalue weighted by Crippen LogP contribution is 2.10. The lowest BCUT2D eigenvalue weighted by atomic mass is 10.5. The van der Waals surface area contributed by atoms with Crippen LogP contribution < -0.4 is 0 Å². The summed E-state index contributed by atoms with van der Waals surface area (Å²) in [6, 6.07) is 0. The largest absolute Gasteiger partial charge is 0.297 e. The van der Waals surface area contributed by atoms with Gasteiger partial charge in [0.05, 0.1) is 7.11 Å². The van der Waals surface area contributed by atoms with Crippen molar-refractivity contribution < 1.29 is 30.4 Å². The van der Waals surface area contributed by atoms with Gasteiger partial charge in [0.25, 0.3) is 24.8 Å². The lowest BCUT2D eigenvalue weighted by molar-refractivity contribution is -0.115. The van der Waals surface area contributed by atoms with Crippen molar-refractivity contribution in [2.24, 2.45) is 0 Å². The van der Waals surface area contributed by atoms with E-state index in [9.17, 15) is 21.6 Å². The van der Waals surface area contributed by atoms with Gasteiger partial charge in [-0.25, -0.2) is 0 Å². The van der Waals surface area contributed by atoms with Gasteiger partial charge in [0.15, 0.2) is 5.78 Å². The van der Waals surface area contributed by atoms with Gasteiger partial charge in [-0.3, -0.25) is 13.5 Å². The van der Waals surface area contributed by atoms with Gasteiger partial charge in [-0.2, -0.15) is 16.8 Å². The molecular formula is C4H8O7S2. The second-order valence-corrected chi connectivity index (χ2v) is 5.71. The van der Waals surface area contributed by atoms with Crippen LogP contribution in [0, 0.1) is 0 Å². The van der Waals surface area contributed by atoms with Crippen LogP contribution in [0.5, 0.6) is 0 Å². The Morgan fingerprint density at radius 2 is 1.69 bits per heavy atom. The predicted molar refractivity (Wildman–Crippen MR) is 41.9 cm³/mol. The second-order valence-electron chi connectivity index (χ2n) is 2.12. The highest BCUT2D eigenvalue weighted by atomic mass is 32.3. The Balaban J connectivity index is 5.47. The molecule has 0 saturated heterocycles. The zero-order chi connectivity index (χ0) is 10.9. The molecule has 1 N–H and O–H groups in total. The molecule has 0 aliphatic heterocycles. The normalized spacial score (nSPS) is 15.3. The van der Waals surface area contributed by atoms with Crippen LogP contribution >= 0.6 is 0 Å². The molecule has 0 rings (SSSR count). The minimum atomic E-state index is -5.00. The summed E-state index contributed by atoms with van der Waals surface area (Å²) >= 11 is 0. The fourth-order valence-electron chi connectivity index (χ4n) is 0.649. The van der Waals surface area contributed by atoms with Crippen molar-refractivity contribution >= 4 is 26.0 Å². The molecular weight excluding hydrogens is 224 g/mol. The summed E-state index contributed by atoms with van der Waals surface area (Å²) in [5.41, 5.74) is 0. The predicted octanol–water partition coefficient (Wildman–Crippen LogP) is -1.23. The monoisotopic (exact) mass is 232 g/mol. The average molecular weight is 232 g/mol. The fourth-order valence-corrected chi connectivity index (χ4v) is 3.08. The van der Waals surface area contributed by atoms with Gasteiger partial charge in [-0.1, -0.05) is 0 Å². The van der Waals surface area contributed by atoms with E-state index in [2.05, 4.69) is 4.18 Å². The Morgan fingerprint density at radius 3 is 1.77 bits per heavy atom. The van der Waals surface area contributed by atoms with Gasteiger partial charge in [0, 0.05) is 0 Å². The van der Waals surface area contributed by atoms with E-state index < -0.39 is 30.6 Å². The highest BCUT2D eigenvalue weighted by molar-refractivity contribution is 8.05. The SMILES string of the molecule is COS(=O)(=O)C(C(C)=O)S(=O)(=O)O. The zero-order valence-electron chi connectivity index (χ0n) is 6.79. The van der Waals surface area contributed by atoms with Gasteiger partial charge in [-0.05, 0) is 6.92 Å². The Hall–Kier alpha value is -0.510. The van der Waals surface area contributed by atoms with Crippen LogP contribution in [0.3, 0.4) is 0 Å². The van der Waals surface area contributed by atoms with Gasteiger partial charge in [0.2, 0.25) is 0 Å². The molecule has 0 aromatic carbocycles. The third-order valence-corrected chi connectivity index (χ3v) is 4.73. The van der Waals surface area contributed by atoms with Gasteiger partial charge in [0.1, 0.15) is 0 Å². The van der Waals surface area contributed by atoms with E-state index in [-0.39, 0.29) is 0 Å². The number of rotatable bonds is 4. The smallest absolute Gasteiger partial charge is 0.294 e. The highest BCUT2D eigenvalue weighted by Gasteiger charge is 2.41. The van der Waals surface area contributed by atoms with E-state index in [1.54, 1.807) is 0 Å². The van der Waals surface area contributed by atoms with Crippen LogP contribution in [0.1, 0.15) is 6.92 Å². The first kappa shape index (κ1) is 12.5. The molecule has 0 saturated carbocycles. The fraction of sp³-hybridized carbons (Fsp3) is 0.750. The molecule has 7 nitrogen and oxygen atoms in total. The first-order valence-electron chi connectivity index (χ1n) is 2.89. The molecule has 1 unspecified atom stereocenters. The summed E-state index contributed by atoms with van der Waals surface area (Å²) in [5, 5.41) is 0. The van der Waals surface area contributed by atoms with Crippen molar-refractivity contribution in [3.8, 4) is 0 Å². The summed E-state index contributed by atoms with van der Waals surface area (Å²) in [4.78, 5) is 10.6. The van der Waals surface area contributed by atoms with Crippen LogP contribution in [0.4, 0.5) is 0 Å². The van der Waals surface area contributed by atoms with E-state index >= 15 is 0 Å². The maximum atomic E-state index is 10.8. The van der Waals surface area contributed by atoms with E-state index in [4.69, 9.17) is 4.55 Å². The van der Waals surface area contributed by atoms with E-state index in [1.165, 1.54) is 0 Å². The van der Waals surface area contributed by atoms with Crippen LogP contribution in [0.25, 0.3) is 0 Å². The number of ketones is 1. The first-order valence-corrected chi connectivity index (χ1v) is 5.86. The Bertz CT molecular complexity index is 388. The minimum absolute atomic E-state index is 0.691. The Morgan fingerprint density at radius 1 is 1.31 bits per heavy atom. The quantitative estimate of drug-likeness (QED) is 0.476. The second kappa shape index (κ2) is 3.70. The first-order chi connectivity index (χ1) is 5.63. The average Bonchev–Trinajstić information content (AvgIpc) is 1.82. The molecule has 0 aromatic heterocycles. The molecule has 0 aromatic rings.